The van der Waals surface area contributed by atoms with Gasteiger partial charge in [0.25, 0.3) is 0 Å². The molecule has 11 heteroatoms. The van der Waals surface area contributed by atoms with Crippen LogP contribution in [0.4, 0.5) is 0 Å². The predicted molar refractivity (Wildman–Crippen MR) is 151 cm³/mol. The number of ether oxygens (including phenoxy) is 1. The van der Waals surface area contributed by atoms with Crippen molar-refractivity contribution < 1.29 is 14.3 Å². The summed E-state index contributed by atoms with van der Waals surface area (Å²) in [5, 5.41) is 3.45. The first kappa shape index (κ1) is 29.9. The maximum atomic E-state index is 10.9. The monoisotopic (exact) mass is 530 g/mol. The molecular formula is C26H38N6O4S. The van der Waals surface area contributed by atoms with Gasteiger partial charge in [-0.25, -0.2) is 4.98 Å². The Morgan fingerprint density at radius 3 is 2.62 bits per heavy atom. The molecule has 2 unspecified atom stereocenters. The fourth-order valence-electron chi connectivity index (χ4n) is 3.71. The first-order chi connectivity index (χ1) is 17.9. The number of nitrogens with zero attached hydrogens (tertiary/aromatic N) is 3. The lowest BCUT2D eigenvalue weighted by atomic mass is 10.1. The lowest BCUT2D eigenvalue weighted by Crippen LogP contribution is -2.23. The van der Waals surface area contributed by atoms with E-state index in [9.17, 15) is 14.5 Å². The van der Waals surface area contributed by atoms with Crippen molar-refractivity contribution in [3.8, 4) is 17.0 Å². The number of rotatable bonds is 11. The van der Waals surface area contributed by atoms with E-state index in [0.29, 0.717) is 12.2 Å². The van der Waals surface area contributed by atoms with Gasteiger partial charge < -0.3 is 25.6 Å². The Hall–Kier alpha value is -3.31. The van der Waals surface area contributed by atoms with Crippen LogP contribution in [-0.4, -0.2) is 65.6 Å². The molecule has 37 heavy (non-hydrogen) atoms. The van der Waals surface area contributed by atoms with E-state index in [4.69, 9.17) is 4.74 Å². The van der Waals surface area contributed by atoms with Crippen LogP contribution < -0.4 is 15.8 Å². The van der Waals surface area contributed by atoms with Gasteiger partial charge in [-0.05, 0) is 42.9 Å². The zero-order valence-corrected chi connectivity index (χ0v) is 22.8. The summed E-state index contributed by atoms with van der Waals surface area (Å²) >= 11 is 0. The number of nitrogens with one attached hydrogen (secondary N) is 2. The van der Waals surface area contributed by atoms with Crippen LogP contribution in [0.3, 0.4) is 0 Å². The summed E-state index contributed by atoms with van der Waals surface area (Å²) < 4.78 is 8.17. The first-order valence-corrected chi connectivity index (χ1v) is 14.5. The summed E-state index contributed by atoms with van der Waals surface area (Å²) in [7, 11) is 3.31. The molecule has 1 aromatic carbocycles. The molecule has 3 aromatic rings. The maximum Gasteiger partial charge on any atom is 0.233 e. The fraction of sp³-hybridized carbons (Fsp3) is 0.462. The second-order valence-corrected chi connectivity index (χ2v) is 11.9. The van der Waals surface area contributed by atoms with Gasteiger partial charge in [-0.2, -0.15) is 0 Å². The van der Waals surface area contributed by atoms with Gasteiger partial charge >= 0.3 is 0 Å². The number of aldehydes is 1. The number of carbonyl (C=O) groups is 2. The number of imidazole rings is 1. The third-order valence-electron chi connectivity index (χ3n) is 6.02. The van der Waals surface area contributed by atoms with E-state index in [2.05, 4.69) is 42.7 Å². The number of hydrogen-bond donors (Lipinski definition) is 3. The van der Waals surface area contributed by atoms with Gasteiger partial charge in [0, 0.05) is 36.6 Å². The number of aryl methyl sites for hydroxylation is 1. The van der Waals surface area contributed by atoms with E-state index in [0.717, 1.165) is 72.1 Å². The van der Waals surface area contributed by atoms with Crippen molar-refractivity contribution in [3.05, 3.63) is 47.4 Å². The Morgan fingerprint density at radius 1 is 1.22 bits per heavy atom. The number of fused-ring (bicyclic) bond motifs is 1. The molecule has 0 radical (unpaired) electrons. The summed E-state index contributed by atoms with van der Waals surface area (Å²) in [6.07, 6.45) is 12.3. The minimum atomic E-state index is -1.41. The summed E-state index contributed by atoms with van der Waals surface area (Å²) in [5.41, 5.74) is 7.52. The smallest absolute Gasteiger partial charge is 0.233 e. The molecule has 2 atom stereocenters. The topological polar surface area (TPSA) is 152 Å². The van der Waals surface area contributed by atoms with Crippen molar-refractivity contribution in [2.24, 2.45) is 10.3 Å². The summed E-state index contributed by atoms with van der Waals surface area (Å²) in [5.74, 6) is 2.40. The minimum Gasteiger partial charge on any atom is -0.495 e. The molecule has 1 saturated heterocycles. The number of carbonyl (C=O) groups excluding carboxylic acids is 2. The van der Waals surface area contributed by atoms with Gasteiger partial charge in [-0.1, -0.05) is 35.2 Å². The van der Waals surface area contributed by atoms with Crippen molar-refractivity contribution in [1.29, 1.82) is 0 Å². The number of H-pyrrole nitrogens is 1. The van der Waals surface area contributed by atoms with Crippen LogP contribution in [0.1, 0.15) is 37.9 Å². The number of unbranched alkanes of at least 4 members (excludes halogenated alkanes) is 4. The van der Waals surface area contributed by atoms with E-state index in [1.54, 1.807) is 26.6 Å². The van der Waals surface area contributed by atoms with Crippen LogP contribution in [0.2, 0.25) is 0 Å². The zero-order chi connectivity index (χ0) is 27.3. The summed E-state index contributed by atoms with van der Waals surface area (Å²) in [4.78, 5) is 43.6. The molecule has 202 valence electrons. The Kier molecular flexibility index (Phi) is 12.2. The minimum absolute atomic E-state index is 0.0444. The van der Waals surface area contributed by atoms with E-state index in [1.807, 2.05) is 18.3 Å². The number of aromatic amines is 1. The van der Waals surface area contributed by atoms with Crippen LogP contribution in [-0.2, 0) is 16.0 Å². The molecule has 0 spiro atoms. The Morgan fingerprint density at radius 2 is 1.97 bits per heavy atom. The quantitative estimate of drug-likeness (QED) is 0.146. The average Bonchev–Trinajstić information content (AvgIpc) is 3.41. The highest BCUT2D eigenvalue weighted by Crippen LogP contribution is 2.66. The van der Waals surface area contributed by atoms with Gasteiger partial charge in [-0.3, -0.25) is 9.78 Å². The molecule has 1 amide bonds. The van der Waals surface area contributed by atoms with Crippen molar-refractivity contribution in [1.82, 2.24) is 20.3 Å². The van der Waals surface area contributed by atoms with Crippen molar-refractivity contribution in [3.63, 3.8) is 0 Å². The molecule has 4 N–H and O–H groups in total. The highest BCUT2D eigenvalue weighted by Gasteiger charge is 2.52. The molecule has 1 aliphatic rings. The van der Waals surface area contributed by atoms with Gasteiger partial charge in [0.1, 0.15) is 17.9 Å². The molecule has 10 nitrogen and oxygen atoms in total. The van der Waals surface area contributed by atoms with Crippen molar-refractivity contribution >= 4 is 33.3 Å². The molecule has 0 saturated carbocycles. The second kappa shape index (κ2) is 15.1. The number of nitroso groups, excluding NO2 is 1. The SMILES string of the molecule is CN.CNC(=O)C1CS1(C)N=O.COc1cnc2cc(-c3cnc(CCCCCCC=O)[nH]3)ccc2c1. The van der Waals surface area contributed by atoms with E-state index in [-0.39, 0.29) is 11.2 Å². The third-order valence-corrected chi connectivity index (χ3v) is 8.54. The number of methoxy groups -OCH3 is 1. The molecule has 4 rings (SSSR count). The van der Waals surface area contributed by atoms with Gasteiger partial charge in [0.15, 0.2) is 0 Å². The zero-order valence-electron chi connectivity index (χ0n) is 22.0. The number of benzene rings is 1. The fourth-order valence-corrected chi connectivity index (χ4v) is 5.73. The molecule has 3 heterocycles. The van der Waals surface area contributed by atoms with Crippen LogP contribution >= 0.6 is 10.2 Å². The van der Waals surface area contributed by atoms with Crippen molar-refractivity contribution in [2.45, 2.75) is 43.8 Å². The molecule has 2 aromatic heterocycles. The Balaban J connectivity index is 0.000000336. The van der Waals surface area contributed by atoms with E-state index < -0.39 is 10.2 Å². The number of amides is 1. The number of nitrogens with two attached hydrogens (primary N) is 1. The first-order valence-electron chi connectivity index (χ1n) is 12.2. The number of hydrogen-bond acceptors (Lipinski definition) is 8. The highest BCUT2D eigenvalue weighted by molar-refractivity contribution is 8.39. The standard InChI is InChI=1S/C20H23N3O2.C5H10N2O2S.CH5N/c1-25-17-11-15-8-9-16(12-18(15)21-13-17)19-14-22-20(23-19)7-5-3-2-4-6-10-24;1-6-5(8)4-3-10(4,2)7-9;1-2/h8-14H,2-7H2,1H3,(H,22,23);4H,3H2,1-2H3,(H,6,8);2H2,1H3. The second-order valence-electron chi connectivity index (χ2n) is 8.60. The highest BCUT2D eigenvalue weighted by atomic mass is 32.3. The van der Waals surface area contributed by atoms with Crippen molar-refractivity contribution in [2.75, 3.05) is 33.2 Å². The van der Waals surface area contributed by atoms with Crippen LogP contribution in [0.25, 0.3) is 22.2 Å². The summed E-state index contributed by atoms with van der Waals surface area (Å²) in [6, 6.07) is 8.16. The normalized spacial score (nSPS) is 19.2. The van der Waals surface area contributed by atoms with Gasteiger partial charge in [0.2, 0.25) is 5.91 Å². The Labute approximate surface area is 219 Å². The largest absolute Gasteiger partial charge is 0.495 e. The maximum absolute atomic E-state index is 10.9. The Bertz CT molecular complexity index is 1170. The predicted octanol–water partition coefficient (Wildman–Crippen LogP) is 4.13. The van der Waals surface area contributed by atoms with Crippen LogP contribution in [0, 0.1) is 4.91 Å². The number of pyridine rings is 1. The van der Waals surface area contributed by atoms with Crippen LogP contribution in [0.5, 0.6) is 5.75 Å². The summed E-state index contributed by atoms with van der Waals surface area (Å²) in [6.45, 7) is 0. The lowest BCUT2D eigenvalue weighted by molar-refractivity contribution is -0.119. The molecule has 1 fully saturated rings. The number of aromatic nitrogens is 3. The molecular weight excluding hydrogens is 492 g/mol. The van der Waals surface area contributed by atoms with Gasteiger partial charge in [-0.15, -0.1) is 4.91 Å². The van der Waals surface area contributed by atoms with E-state index >= 15 is 0 Å². The third kappa shape index (κ3) is 8.64. The van der Waals surface area contributed by atoms with E-state index in [1.165, 1.54) is 7.05 Å². The lowest BCUT2D eigenvalue weighted by Gasteiger charge is -2.04. The molecule has 0 aliphatic carbocycles. The van der Waals surface area contributed by atoms with Crippen LogP contribution in [0.15, 0.2) is 41.2 Å². The van der Waals surface area contributed by atoms with Gasteiger partial charge in [0.05, 0.1) is 36.0 Å². The average molecular weight is 531 g/mol. The molecule has 1 aliphatic heterocycles. The molecule has 0 bridgehead atoms.